The lowest BCUT2D eigenvalue weighted by Crippen LogP contribution is -1.92. The average molecular weight is 243 g/mol. The topological polar surface area (TPSA) is 41.1 Å². The van der Waals surface area contributed by atoms with Crippen LogP contribution in [0.25, 0.3) is 27.3 Å². The van der Waals surface area contributed by atoms with Gasteiger partial charge in [-0.2, -0.15) is 5.26 Å². The van der Waals surface area contributed by atoms with Crippen LogP contribution in [0.15, 0.2) is 54.7 Å². The number of hydrogen-bond acceptors (Lipinski definition) is 2. The minimum Gasteiger partial charge on any atom is -0.297 e. The van der Waals surface area contributed by atoms with Crippen LogP contribution < -0.4 is 0 Å². The van der Waals surface area contributed by atoms with Crippen molar-refractivity contribution in [3.05, 3.63) is 60.4 Å². The summed E-state index contributed by atoms with van der Waals surface area (Å²) in [6.07, 6.45) is 1.84. The first-order chi connectivity index (χ1) is 9.40. The van der Waals surface area contributed by atoms with Crippen molar-refractivity contribution in [2.75, 3.05) is 0 Å². The summed E-state index contributed by atoms with van der Waals surface area (Å²) < 4.78 is 1.99. The Hall–Kier alpha value is -2.86. The maximum atomic E-state index is 9.49. The van der Waals surface area contributed by atoms with E-state index in [1.165, 1.54) is 0 Å². The van der Waals surface area contributed by atoms with E-state index in [-0.39, 0.29) is 0 Å². The molecule has 4 rings (SSSR count). The quantitative estimate of drug-likeness (QED) is 0.474. The van der Waals surface area contributed by atoms with Gasteiger partial charge in [0.25, 0.3) is 0 Å². The molecule has 0 aliphatic carbocycles. The molecule has 0 aliphatic heterocycles. The zero-order chi connectivity index (χ0) is 12.8. The van der Waals surface area contributed by atoms with Gasteiger partial charge in [-0.15, -0.1) is 0 Å². The van der Waals surface area contributed by atoms with E-state index in [9.17, 15) is 5.26 Å². The smallest absolute Gasteiger partial charge is 0.133 e. The van der Waals surface area contributed by atoms with Gasteiger partial charge in [0, 0.05) is 10.8 Å². The average Bonchev–Trinajstić information content (AvgIpc) is 2.81. The van der Waals surface area contributed by atoms with E-state index in [1.807, 2.05) is 59.1 Å². The Labute approximate surface area is 109 Å². The molecule has 2 aromatic carbocycles. The van der Waals surface area contributed by atoms with Crippen LogP contribution in [0.1, 0.15) is 5.69 Å². The molecule has 2 heterocycles. The van der Waals surface area contributed by atoms with Gasteiger partial charge in [0.05, 0.1) is 22.7 Å². The van der Waals surface area contributed by atoms with Gasteiger partial charge >= 0.3 is 0 Å². The second-order valence-electron chi connectivity index (χ2n) is 4.47. The highest BCUT2D eigenvalue weighted by Crippen LogP contribution is 2.28. The normalized spacial score (nSPS) is 11.1. The summed E-state index contributed by atoms with van der Waals surface area (Å²) in [7, 11) is 0. The number of fused-ring (bicyclic) bond motifs is 5. The van der Waals surface area contributed by atoms with E-state index >= 15 is 0 Å². The van der Waals surface area contributed by atoms with Gasteiger partial charge in [0.15, 0.2) is 0 Å². The number of nitriles is 1. The van der Waals surface area contributed by atoms with E-state index in [2.05, 4.69) is 11.1 Å². The fraction of sp³-hybridized carbons (Fsp3) is 0. The van der Waals surface area contributed by atoms with Crippen molar-refractivity contribution in [2.45, 2.75) is 0 Å². The van der Waals surface area contributed by atoms with Gasteiger partial charge in [-0.05, 0) is 12.1 Å². The fourth-order valence-corrected chi connectivity index (χ4v) is 2.66. The molecule has 0 unspecified atom stereocenters. The summed E-state index contributed by atoms with van der Waals surface area (Å²) in [5, 5.41) is 11.5. The van der Waals surface area contributed by atoms with Crippen LogP contribution >= 0.6 is 0 Å². The first kappa shape index (κ1) is 10.1. The monoisotopic (exact) mass is 243 g/mol. The Kier molecular flexibility index (Phi) is 1.89. The van der Waals surface area contributed by atoms with Crippen molar-refractivity contribution in [1.82, 2.24) is 9.38 Å². The maximum absolute atomic E-state index is 9.49. The molecule has 0 saturated carbocycles. The molecule has 0 radical (unpaired) electrons. The third-order valence-electron chi connectivity index (χ3n) is 3.48. The highest BCUT2D eigenvalue weighted by atomic mass is 14.9. The second kappa shape index (κ2) is 3.56. The number of para-hydroxylation sites is 2. The number of nitrogens with zero attached hydrogens (tertiary/aromatic N) is 3. The Bertz CT molecular complexity index is 974. The van der Waals surface area contributed by atoms with Gasteiger partial charge in [-0.1, -0.05) is 36.4 Å². The molecule has 3 heteroatoms. The maximum Gasteiger partial charge on any atom is 0.133 e. The highest BCUT2D eigenvalue weighted by molar-refractivity contribution is 6.03. The van der Waals surface area contributed by atoms with Crippen LogP contribution in [-0.4, -0.2) is 9.38 Å². The third kappa shape index (κ3) is 1.23. The molecule has 0 fully saturated rings. The highest BCUT2D eigenvalue weighted by Gasteiger charge is 2.13. The molecule has 0 amide bonds. The Morgan fingerprint density at radius 2 is 1.63 bits per heavy atom. The molecular weight excluding hydrogens is 234 g/mol. The molecule has 2 aromatic heterocycles. The lowest BCUT2D eigenvalue weighted by molar-refractivity contribution is 1.20. The van der Waals surface area contributed by atoms with Gasteiger partial charge in [0.1, 0.15) is 11.8 Å². The van der Waals surface area contributed by atoms with E-state index in [0.29, 0.717) is 5.69 Å². The first-order valence-electron chi connectivity index (χ1n) is 6.07. The van der Waals surface area contributed by atoms with Crippen LogP contribution in [0.3, 0.4) is 0 Å². The Balaban J connectivity index is 2.41. The minimum absolute atomic E-state index is 0.671. The predicted molar refractivity (Wildman–Crippen MR) is 74.9 cm³/mol. The van der Waals surface area contributed by atoms with Crippen molar-refractivity contribution in [3.8, 4) is 6.07 Å². The van der Waals surface area contributed by atoms with Crippen LogP contribution in [-0.2, 0) is 0 Å². The molecule has 0 bridgehead atoms. The lowest BCUT2D eigenvalue weighted by atomic mass is 10.2. The van der Waals surface area contributed by atoms with Crippen molar-refractivity contribution < 1.29 is 0 Å². The first-order valence-corrected chi connectivity index (χ1v) is 6.07. The van der Waals surface area contributed by atoms with Gasteiger partial charge < -0.3 is 0 Å². The summed E-state index contributed by atoms with van der Waals surface area (Å²) in [6.45, 7) is 0. The molecule has 0 aliphatic rings. The van der Waals surface area contributed by atoms with Crippen molar-refractivity contribution in [2.24, 2.45) is 0 Å². The number of hydrogen-bond donors (Lipinski definition) is 0. The number of rotatable bonds is 0. The van der Waals surface area contributed by atoms with E-state index in [1.54, 1.807) is 0 Å². The Morgan fingerprint density at radius 3 is 2.47 bits per heavy atom. The SMILES string of the molecule is N#Cc1c2ccccc2c2cnc3ccccc3n12. The largest absolute Gasteiger partial charge is 0.297 e. The molecular formula is C16H9N3. The summed E-state index contributed by atoms with van der Waals surface area (Å²) in [5.41, 5.74) is 3.51. The van der Waals surface area contributed by atoms with Crippen molar-refractivity contribution in [3.63, 3.8) is 0 Å². The minimum atomic E-state index is 0.671. The number of benzene rings is 2. The summed E-state index contributed by atoms with van der Waals surface area (Å²) in [4.78, 5) is 4.48. The molecule has 0 atom stereocenters. The predicted octanol–water partition coefficient (Wildman–Crippen LogP) is 3.51. The molecule has 88 valence electrons. The third-order valence-corrected chi connectivity index (χ3v) is 3.48. The summed E-state index contributed by atoms with van der Waals surface area (Å²) in [5.74, 6) is 0. The van der Waals surface area contributed by atoms with Crippen LogP contribution in [0.2, 0.25) is 0 Å². The zero-order valence-electron chi connectivity index (χ0n) is 10.0. The fourth-order valence-electron chi connectivity index (χ4n) is 2.66. The summed E-state index contributed by atoms with van der Waals surface area (Å²) in [6, 6.07) is 18.1. The molecule has 0 saturated heterocycles. The van der Waals surface area contributed by atoms with Gasteiger partial charge in [0.2, 0.25) is 0 Å². The summed E-state index contributed by atoms with van der Waals surface area (Å²) >= 11 is 0. The Morgan fingerprint density at radius 1 is 0.895 bits per heavy atom. The number of aromatic nitrogens is 2. The van der Waals surface area contributed by atoms with Crippen LogP contribution in [0.4, 0.5) is 0 Å². The van der Waals surface area contributed by atoms with E-state index in [0.717, 1.165) is 27.3 Å². The molecule has 19 heavy (non-hydrogen) atoms. The second-order valence-corrected chi connectivity index (χ2v) is 4.47. The zero-order valence-corrected chi connectivity index (χ0v) is 10.0. The van der Waals surface area contributed by atoms with Crippen LogP contribution in [0, 0.1) is 11.3 Å². The molecule has 0 spiro atoms. The lowest BCUT2D eigenvalue weighted by Gasteiger charge is -2.02. The van der Waals surface area contributed by atoms with Crippen molar-refractivity contribution in [1.29, 1.82) is 5.26 Å². The molecule has 3 nitrogen and oxygen atoms in total. The van der Waals surface area contributed by atoms with Crippen LogP contribution in [0.5, 0.6) is 0 Å². The molecule has 0 N–H and O–H groups in total. The van der Waals surface area contributed by atoms with Gasteiger partial charge in [-0.3, -0.25) is 9.38 Å². The van der Waals surface area contributed by atoms with E-state index < -0.39 is 0 Å². The molecule has 4 aromatic rings. The van der Waals surface area contributed by atoms with Gasteiger partial charge in [-0.25, -0.2) is 0 Å². The van der Waals surface area contributed by atoms with Crippen molar-refractivity contribution >= 4 is 27.3 Å². The standard InChI is InChI=1S/C16H9N3/c17-9-15-11-5-1-2-6-12(11)16-10-18-13-7-3-4-8-14(13)19(15)16/h1-8,10H. The van der Waals surface area contributed by atoms with E-state index in [4.69, 9.17) is 0 Å².